The van der Waals surface area contributed by atoms with E-state index in [9.17, 15) is 9.59 Å². The Hall–Kier alpha value is -1.30. The molecule has 0 heterocycles. The average Bonchev–Trinajstić information content (AvgIpc) is 2.35. The summed E-state index contributed by atoms with van der Waals surface area (Å²) in [5, 5.41) is 20.4. The number of aliphatic hydroxyl groups is 1. The minimum absolute atomic E-state index is 0.0888. The smallest absolute Gasteiger partial charge is 0.317 e. The van der Waals surface area contributed by atoms with E-state index >= 15 is 0 Å². The first-order chi connectivity index (χ1) is 9.54. The van der Waals surface area contributed by atoms with Gasteiger partial charge in [0, 0.05) is 32.2 Å². The predicted molar refractivity (Wildman–Crippen MR) is 75.5 cm³/mol. The van der Waals surface area contributed by atoms with E-state index in [4.69, 9.17) is 10.2 Å². The molecular weight excluding hydrogens is 260 g/mol. The number of hydrogen-bond acceptors (Lipinski definition) is 3. The molecule has 0 bridgehead atoms. The molecule has 1 atom stereocenters. The SMILES string of the molecule is CC(CCC(=O)O)CNC(=O)N(CCCO)C1CCC1. The fourth-order valence-electron chi connectivity index (χ4n) is 2.22. The number of carbonyl (C=O) groups is 2. The summed E-state index contributed by atoms with van der Waals surface area (Å²) < 4.78 is 0. The van der Waals surface area contributed by atoms with Gasteiger partial charge in [0.15, 0.2) is 0 Å². The van der Waals surface area contributed by atoms with Crippen LogP contribution in [0.15, 0.2) is 0 Å². The monoisotopic (exact) mass is 286 g/mol. The zero-order valence-electron chi connectivity index (χ0n) is 12.2. The molecule has 1 fully saturated rings. The van der Waals surface area contributed by atoms with Crippen LogP contribution in [-0.4, -0.2) is 52.9 Å². The average molecular weight is 286 g/mol. The van der Waals surface area contributed by atoms with Crippen molar-refractivity contribution in [1.29, 1.82) is 0 Å². The van der Waals surface area contributed by atoms with E-state index in [0.29, 0.717) is 32.0 Å². The highest BCUT2D eigenvalue weighted by Gasteiger charge is 2.28. The van der Waals surface area contributed by atoms with E-state index in [2.05, 4.69) is 5.32 Å². The van der Waals surface area contributed by atoms with Crippen molar-refractivity contribution in [2.45, 2.75) is 51.5 Å². The largest absolute Gasteiger partial charge is 0.481 e. The van der Waals surface area contributed by atoms with Crippen LogP contribution in [0.1, 0.15) is 45.4 Å². The standard InChI is InChI=1S/C14H26N2O4/c1-11(6-7-13(18)19)10-15-14(20)16(8-3-9-17)12-4-2-5-12/h11-12,17H,2-10H2,1H3,(H,15,20)(H,18,19). The van der Waals surface area contributed by atoms with Crippen molar-refractivity contribution in [1.82, 2.24) is 10.2 Å². The molecule has 6 heteroatoms. The Morgan fingerprint density at radius 3 is 2.60 bits per heavy atom. The summed E-state index contributed by atoms with van der Waals surface area (Å²) in [7, 11) is 0. The molecule has 0 spiro atoms. The molecule has 1 aliphatic carbocycles. The van der Waals surface area contributed by atoms with Gasteiger partial charge < -0.3 is 20.4 Å². The van der Waals surface area contributed by atoms with Crippen LogP contribution in [0.4, 0.5) is 4.79 Å². The fraction of sp³-hybridized carbons (Fsp3) is 0.857. The number of urea groups is 1. The Morgan fingerprint density at radius 2 is 2.10 bits per heavy atom. The van der Waals surface area contributed by atoms with Gasteiger partial charge in [0.2, 0.25) is 0 Å². The zero-order chi connectivity index (χ0) is 15.0. The molecule has 1 saturated carbocycles. The minimum Gasteiger partial charge on any atom is -0.481 e. The Kier molecular flexibility index (Phi) is 7.36. The molecule has 1 aliphatic rings. The van der Waals surface area contributed by atoms with E-state index in [1.165, 1.54) is 0 Å². The highest BCUT2D eigenvalue weighted by Crippen LogP contribution is 2.24. The molecule has 1 unspecified atom stereocenters. The van der Waals surface area contributed by atoms with Gasteiger partial charge in [-0.15, -0.1) is 0 Å². The summed E-state index contributed by atoms with van der Waals surface area (Å²) in [6, 6.07) is 0.209. The van der Waals surface area contributed by atoms with Crippen molar-refractivity contribution in [3.05, 3.63) is 0 Å². The van der Waals surface area contributed by atoms with Gasteiger partial charge in [0.1, 0.15) is 0 Å². The van der Waals surface area contributed by atoms with Crippen LogP contribution in [0.2, 0.25) is 0 Å². The lowest BCUT2D eigenvalue weighted by Crippen LogP contribution is -2.50. The molecule has 6 nitrogen and oxygen atoms in total. The van der Waals surface area contributed by atoms with Crippen LogP contribution < -0.4 is 5.32 Å². The lowest BCUT2D eigenvalue weighted by molar-refractivity contribution is -0.137. The summed E-state index contributed by atoms with van der Waals surface area (Å²) in [4.78, 5) is 24.4. The van der Waals surface area contributed by atoms with Gasteiger partial charge in [-0.2, -0.15) is 0 Å². The maximum atomic E-state index is 12.1. The maximum absolute atomic E-state index is 12.1. The molecule has 3 N–H and O–H groups in total. The van der Waals surface area contributed by atoms with Crippen LogP contribution in [0.25, 0.3) is 0 Å². The van der Waals surface area contributed by atoms with Crippen molar-refractivity contribution in [2.24, 2.45) is 5.92 Å². The number of amides is 2. The number of nitrogens with zero attached hydrogens (tertiary/aromatic N) is 1. The molecule has 0 aromatic heterocycles. The second-order valence-corrected chi connectivity index (χ2v) is 5.58. The molecule has 0 radical (unpaired) electrons. The first-order valence-electron chi connectivity index (χ1n) is 7.41. The number of aliphatic carboxylic acids is 1. The van der Waals surface area contributed by atoms with Crippen molar-refractivity contribution >= 4 is 12.0 Å². The normalized spacial score (nSPS) is 16.3. The number of carbonyl (C=O) groups excluding carboxylic acids is 1. The first kappa shape index (κ1) is 16.8. The van der Waals surface area contributed by atoms with Crippen molar-refractivity contribution in [3.63, 3.8) is 0 Å². The van der Waals surface area contributed by atoms with E-state index in [-0.39, 0.29) is 25.0 Å². The Balaban J connectivity index is 2.31. The van der Waals surface area contributed by atoms with Crippen LogP contribution in [0.5, 0.6) is 0 Å². The first-order valence-corrected chi connectivity index (χ1v) is 7.41. The highest BCUT2D eigenvalue weighted by molar-refractivity contribution is 5.74. The fourth-order valence-corrected chi connectivity index (χ4v) is 2.22. The zero-order valence-corrected chi connectivity index (χ0v) is 12.2. The van der Waals surface area contributed by atoms with Crippen LogP contribution in [-0.2, 0) is 4.79 Å². The van der Waals surface area contributed by atoms with Gasteiger partial charge >= 0.3 is 12.0 Å². The highest BCUT2D eigenvalue weighted by atomic mass is 16.4. The van der Waals surface area contributed by atoms with Gasteiger partial charge in [0.25, 0.3) is 0 Å². The number of carboxylic acids is 1. The van der Waals surface area contributed by atoms with E-state index < -0.39 is 5.97 Å². The topological polar surface area (TPSA) is 89.9 Å². The molecule has 0 aromatic rings. The summed E-state index contributed by atoms with van der Waals surface area (Å²) in [5.74, 6) is -0.654. The lowest BCUT2D eigenvalue weighted by Gasteiger charge is -2.37. The van der Waals surface area contributed by atoms with Crippen LogP contribution >= 0.6 is 0 Å². The maximum Gasteiger partial charge on any atom is 0.317 e. The Bertz CT molecular complexity index is 318. The van der Waals surface area contributed by atoms with Gasteiger partial charge in [-0.1, -0.05) is 6.92 Å². The van der Waals surface area contributed by atoms with Crippen molar-refractivity contribution in [2.75, 3.05) is 19.7 Å². The summed E-state index contributed by atoms with van der Waals surface area (Å²) in [6.45, 7) is 3.10. The quantitative estimate of drug-likeness (QED) is 0.598. The second-order valence-electron chi connectivity index (χ2n) is 5.58. The van der Waals surface area contributed by atoms with E-state index in [0.717, 1.165) is 19.3 Å². The van der Waals surface area contributed by atoms with Crippen molar-refractivity contribution < 1.29 is 19.8 Å². The summed E-state index contributed by atoms with van der Waals surface area (Å²) >= 11 is 0. The summed E-state index contributed by atoms with van der Waals surface area (Å²) in [6.07, 6.45) is 4.52. The van der Waals surface area contributed by atoms with Gasteiger partial charge in [-0.25, -0.2) is 4.79 Å². The third kappa shape index (κ3) is 5.77. The molecule has 0 saturated heterocycles. The minimum atomic E-state index is -0.804. The van der Waals surface area contributed by atoms with Crippen LogP contribution in [0, 0.1) is 5.92 Å². The Labute approximate surface area is 120 Å². The van der Waals surface area contributed by atoms with Crippen LogP contribution in [0.3, 0.4) is 0 Å². The molecule has 116 valence electrons. The summed E-state index contributed by atoms with van der Waals surface area (Å²) in [5.41, 5.74) is 0. The molecule has 20 heavy (non-hydrogen) atoms. The number of nitrogens with one attached hydrogen (secondary N) is 1. The molecule has 0 aromatic carbocycles. The van der Waals surface area contributed by atoms with Gasteiger partial charge in [-0.3, -0.25) is 4.79 Å². The van der Waals surface area contributed by atoms with Gasteiger partial charge in [-0.05, 0) is 38.0 Å². The van der Waals surface area contributed by atoms with E-state index in [1.807, 2.05) is 11.8 Å². The molecule has 1 rings (SSSR count). The third-order valence-corrected chi connectivity index (χ3v) is 3.79. The molecule has 0 aliphatic heterocycles. The lowest BCUT2D eigenvalue weighted by atomic mass is 9.91. The molecular formula is C14H26N2O4. The van der Waals surface area contributed by atoms with Crippen molar-refractivity contribution in [3.8, 4) is 0 Å². The number of rotatable bonds is 9. The number of carboxylic acid groups (broad SMARTS) is 1. The predicted octanol–water partition coefficient (Wildman–Crippen LogP) is 1.43. The van der Waals surface area contributed by atoms with Gasteiger partial charge in [0.05, 0.1) is 0 Å². The Morgan fingerprint density at radius 1 is 1.40 bits per heavy atom. The molecule has 2 amide bonds. The number of aliphatic hydroxyl groups excluding tert-OH is 1. The van der Waals surface area contributed by atoms with E-state index in [1.54, 1.807) is 0 Å². The number of hydrogen-bond donors (Lipinski definition) is 3. The third-order valence-electron chi connectivity index (χ3n) is 3.79. The second kappa shape index (κ2) is 8.79.